The molecule has 0 aliphatic heterocycles. The molecule has 1 rings (SSSR count). The summed E-state index contributed by atoms with van der Waals surface area (Å²) in [5.74, 6) is 0.841. The maximum atomic E-state index is 5.41. The van der Waals surface area contributed by atoms with Gasteiger partial charge in [0.15, 0.2) is 0 Å². The van der Waals surface area contributed by atoms with Gasteiger partial charge in [-0.15, -0.1) is 0 Å². The van der Waals surface area contributed by atoms with Crippen LogP contribution >= 0.6 is 0 Å². The van der Waals surface area contributed by atoms with Gasteiger partial charge in [-0.1, -0.05) is 0 Å². The highest BCUT2D eigenvalue weighted by Gasteiger charge is 1.90. The highest BCUT2D eigenvalue weighted by Crippen LogP contribution is 2.05. The Kier molecular flexibility index (Phi) is 4.16. The third kappa shape index (κ3) is 3.34. The van der Waals surface area contributed by atoms with Crippen molar-refractivity contribution in [2.75, 3.05) is 20.2 Å². The molecule has 1 aromatic rings. The third-order valence-electron chi connectivity index (χ3n) is 1.47. The Balaban J connectivity index is 2.16. The van der Waals surface area contributed by atoms with Crippen LogP contribution in [0.3, 0.4) is 0 Å². The molecule has 0 aliphatic carbocycles. The summed E-state index contributed by atoms with van der Waals surface area (Å²) >= 11 is 0. The topological polar surface area (TPSA) is 34.1 Å². The van der Waals surface area contributed by atoms with Gasteiger partial charge in [0.25, 0.3) is 0 Å². The lowest BCUT2D eigenvalue weighted by Crippen LogP contribution is -2.11. The second-order valence-corrected chi connectivity index (χ2v) is 2.49. The summed E-state index contributed by atoms with van der Waals surface area (Å²) in [5, 5.41) is 3.06. The van der Waals surface area contributed by atoms with Gasteiger partial charge in [-0.3, -0.25) is 4.98 Å². The molecule has 0 spiro atoms. The standard InChI is InChI=1S/C9H14N2O/c1-10-5-3-7-12-9-4-2-6-11-8-9/h2,4,6,8,10H,3,5,7H2,1H3. The quantitative estimate of drug-likeness (QED) is 0.664. The van der Waals surface area contributed by atoms with E-state index in [9.17, 15) is 0 Å². The van der Waals surface area contributed by atoms with E-state index in [1.165, 1.54) is 0 Å². The van der Waals surface area contributed by atoms with Crippen molar-refractivity contribution in [3.8, 4) is 5.75 Å². The molecule has 0 aliphatic rings. The van der Waals surface area contributed by atoms with Gasteiger partial charge >= 0.3 is 0 Å². The van der Waals surface area contributed by atoms with Crippen molar-refractivity contribution in [3.63, 3.8) is 0 Å². The molecule has 0 atom stereocenters. The van der Waals surface area contributed by atoms with Crippen molar-refractivity contribution in [2.24, 2.45) is 0 Å². The smallest absolute Gasteiger partial charge is 0.137 e. The molecule has 1 aromatic heterocycles. The molecule has 0 radical (unpaired) electrons. The number of hydrogen-bond donors (Lipinski definition) is 1. The van der Waals surface area contributed by atoms with Crippen LogP contribution in [0.1, 0.15) is 6.42 Å². The van der Waals surface area contributed by atoms with E-state index in [-0.39, 0.29) is 0 Å². The van der Waals surface area contributed by atoms with Crippen LogP contribution in [0.15, 0.2) is 24.5 Å². The maximum absolute atomic E-state index is 5.41. The lowest BCUT2D eigenvalue weighted by Gasteiger charge is -2.03. The second kappa shape index (κ2) is 5.55. The van der Waals surface area contributed by atoms with Crippen LogP contribution < -0.4 is 10.1 Å². The summed E-state index contributed by atoms with van der Waals surface area (Å²) in [6.07, 6.45) is 4.48. The average Bonchev–Trinajstić information content (AvgIpc) is 2.14. The molecular formula is C9H14N2O. The first-order chi connectivity index (χ1) is 5.93. The molecule has 1 N–H and O–H groups in total. The first-order valence-corrected chi connectivity index (χ1v) is 4.11. The highest BCUT2D eigenvalue weighted by atomic mass is 16.5. The predicted octanol–water partition coefficient (Wildman–Crippen LogP) is 1.07. The number of aromatic nitrogens is 1. The summed E-state index contributed by atoms with van der Waals surface area (Å²) in [4.78, 5) is 3.94. The van der Waals surface area contributed by atoms with Gasteiger partial charge in [-0.2, -0.15) is 0 Å². The molecule has 1 heterocycles. The second-order valence-electron chi connectivity index (χ2n) is 2.49. The normalized spacial score (nSPS) is 9.75. The summed E-state index contributed by atoms with van der Waals surface area (Å²) in [6, 6.07) is 3.78. The lowest BCUT2D eigenvalue weighted by molar-refractivity contribution is 0.308. The fraction of sp³-hybridized carbons (Fsp3) is 0.444. The predicted molar refractivity (Wildman–Crippen MR) is 48.3 cm³/mol. The number of pyridine rings is 1. The van der Waals surface area contributed by atoms with Gasteiger partial charge in [0, 0.05) is 6.20 Å². The van der Waals surface area contributed by atoms with E-state index in [2.05, 4.69) is 10.3 Å². The van der Waals surface area contributed by atoms with E-state index < -0.39 is 0 Å². The van der Waals surface area contributed by atoms with Crippen molar-refractivity contribution in [3.05, 3.63) is 24.5 Å². The highest BCUT2D eigenvalue weighted by molar-refractivity contribution is 5.15. The van der Waals surface area contributed by atoms with Crippen molar-refractivity contribution < 1.29 is 4.74 Å². The summed E-state index contributed by atoms with van der Waals surface area (Å²) < 4.78 is 5.41. The molecule has 0 aromatic carbocycles. The van der Waals surface area contributed by atoms with Gasteiger partial charge in [-0.05, 0) is 32.1 Å². The zero-order chi connectivity index (χ0) is 8.65. The molecule has 0 bridgehead atoms. The van der Waals surface area contributed by atoms with Gasteiger partial charge < -0.3 is 10.1 Å². The maximum Gasteiger partial charge on any atom is 0.137 e. The summed E-state index contributed by atoms with van der Waals surface area (Å²) in [5.41, 5.74) is 0. The third-order valence-corrected chi connectivity index (χ3v) is 1.47. The molecule has 3 heteroatoms. The van der Waals surface area contributed by atoms with Crippen LogP contribution in [0, 0.1) is 0 Å². The summed E-state index contributed by atoms with van der Waals surface area (Å²) in [7, 11) is 1.93. The molecule has 0 fully saturated rings. The minimum atomic E-state index is 0.743. The zero-order valence-corrected chi connectivity index (χ0v) is 7.29. The van der Waals surface area contributed by atoms with Gasteiger partial charge in [0.2, 0.25) is 0 Å². The van der Waals surface area contributed by atoms with E-state index in [0.29, 0.717) is 0 Å². The molecule has 0 saturated carbocycles. The largest absolute Gasteiger partial charge is 0.492 e. The van der Waals surface area contributed by atoms with Crippen molar-refractivity contribution in [1.82, 2.24) is 10.3 Å². The van der Waals surface area contributed by atoms with E-state index in [1.54, 1.807) is 12.4 Å². The zero-order valence-electron chi connectivity index (χ0n) is 7.29. The molecule has 0 saturated heterocycles. The van der Waals surface area contributed by atoms with E-state index in [0.717, 1.165) is 25.3 Å². The fourth-order valence-electron chi connectivity index (χ4n) is 0.871. The Morgan fingerprint density at radius 2 is 2.50 bits per heavy atom. The molecular weight excluding hydrogens is 152 g/mol. The van der Waals surface area contributed by atoms with Gasteiger partial charge in [0.05, 0.1) is 12.8 Å². The Bertz CT molecular complexity index is 201. The number of hydrogen-bond acceptors (Lipinski definition) is 3. The van der Waals surface area contributed by atoms with E-state index >= 15 is 0 Å². The minimum absolute atomic E-state index is 0.743. The van der Waals surface area contributed by atoms with Crippen molar-refractivity contribution in [2.45, 2.75) is 6.42 Å². The number of ether oxygens (including phenoxy) is 1. The number of rotatable bonds is 5. The van der Waals surface area contributed by atoms with Crippen molar-refractivity contribution in [1.29, 1.82) is 0 Å². The van der Waals surface area contributed by atoms with Crippen LogP contribution in [0.5, 0.6) is 5.75 Å². The lowest BCUT2D eigenvalue weighted by atomic mass is 10.4. The minimum Gasteiger partial charge on any atom is -0.492 e. The molecule has 0 unspecified atom stereocenters. The fourth-order valence-corrected chi connectivity index (χ4v) is 0.871. The van der Waals surface area contributed by atoms with Gasteiger partial charge in [-0.25, -0.2) is 0 Å². The number of nitrogens with zero attached hydrogens (tertiary/aromatic N) is 1. The van der Waals surface area contributed by atoms with E-state index in [4.69, 9.17) is 4.74 Å². The molecule has 66 valence electrons. The summed E-state index contributed by atoms with van der Waals surface area (Å²) in [6.45, 7) is 1.73. The number of nitrogens with one attached hydrogen (secondary N) is 1. The molecule has 0 amide bonds. The van der Waals surface area contributed by atoms with Crippen molar-refractivity contribution >= 4 is 0 Å². The monoisotopic (exact) mass is 166 g/mol. The Morgan fingerprint density at radius 1 is 1.58 bits per heavy atom. The van der Waals surface area contributed by atoms with Crippen LogP contribution in [0.4, 0.5) is 0 Å². The molecule has 12 heavy (non-hydrogen) atoms. The Hall–Kier alpha value is -1.09. The Labute approximate surface area is 72.8 Å². The van der Waals surface area contributed by atoms with Gasteiger partial charge in [0.1, 0.15) is 5.75 Å². The van der Waals surface area contributed by atoms with E-state index in [1.807, 2.05) is 19.2 Å². The first kappa shape index (κ1) is 9.00. The van der Waals surface area contributed by atoms with Crippen LogP contribution in [-0.2, 0) is 0 Å². The average molecular weight is 166 g/mol. The Morgan fingerprint density at radius 3 is 3.17 bits per heavy atom. The van der Waals surface area contributed by atoms with Crippen LogP contribution in [0.2, 0.25) is 0 Å². The molecule has 3 nitrogen and oxygen atoms in total. The van der Waals surface area contributed by atoms with Crippen LogP contribution in [-0.4, -0.2) is 25.2 Å². The SMILES string of the molecule is CNCCCOc1cccnc1. The van der Waals surface area contributed by atoms with Crippen LogP contribution in [0.25, 0.3) is 0 Å². The first-order valence-electron chi connectivity index (χ1n) is 4.11.